The highest BCUT2D eigenvalue weighted by Crippen LogP contribution is 2.22. The molecule has 9 heavy (non-hydrogen) atoms. The molecular weight excluding hydrogens is 118 g/mol. The molecule has 2 N–H and O–H groups in total. The third-order valence-electron chi connectivity index (χ3n) is 2.14. The molecule has 2 bridgehead atoms. The van der Waals surface area contributed by atoms with E-state index in [0.717, 1.165) is 19.7 Å². The van der Waals surface area contributed by atoms with Crippen LogP contribution in [0.3, 0.4) is 0 Å². The molecule has 0 aromatic carbocycles. The molecule has 3 atom stereocenters. The summed E-state index contributed by atoms with van der Waals surface area (Å²) in [6.07, 6.45) is -0.130. The smallest absolute Gasteiger partial charge is 0.0962 e. The summed E-state index contributed by atoms with van der Waals surface area (Å²) >= 11 is 0. The first-order valence-corrected chi connectivity index (χ1v) is 3.38. The van der Waals surface area contributed by atoms with Gasteiger partial charge in [-0.1, -0.05) is 0 Å². The zero-order valence-electron chi connectivity index (χ0n) is 5.21. The minimum Gasteiger partial charge on any atom is -0.390 e. The summed E-state index contributed by atoms with van der Waals surface area (Å²) in [6, 6.07) is 0. The fraction of sp³-hybridized carbons (Fsp3) is 1.00. The lowest BCUT2D eigenvalue weighted by Gasteiger charge is -2.23. The van der Waals surface area contributed by atoms with Crippen LogP contribution in [0.2, 0.25) is 0 Å². The van der Waals surface area contributed by atoms with Crippen LogP contribution in [-0.2, 0) is 4.74 Å². The summed E-state index contributed by atoms with van der Waals surface area (Å²) in [5.74, 6) is 0.351. The van der Waals surface area contributed by atoms with Crippen molar-refractivity contribution in [3.63, 3.8) is 0 Å². The van der Waals surface area contributed by atoms with Gasteiger partial charge in [-0.2, -0.15) is 0 Å². The Morgan fingerprint density at radius 1 is 1.44 bits per heavy atom. The van der Waals surface area contributed by atoms with Crippen molar-refractivity contribution in [1.82, 2.24) is 5.32 Å². The molecule has 2 rings (SSSR count). The first kappa shape index (κ1) is 5.65. The second-order valence-electron chi connectivity index (χ2n) is 2.78. The van der Waals surface area contributed by atoms with Crippen molar-refractivity contribution < 1.29 is 9.84 Å². The van der Waals surface area contributed by atoms with Gasteiger partial charge in [-0.3, -0.25) is 0 Å². The van der Waals surface area contributed by atoms with Crippen LogP contribution in [0.25, 0.3) is 0 Å². The average Bonchev–Trinajstić information content (AvgIpc) is 2.19. The Labute approximate surface area is 54.0 Å². The van der Waals surface area contributed by atoms with Gasteiger partial charge in [0.05, 0.1) is 18.8 Å². The van der Waals surface area contributed by atoms with Crippen LogP contribution in [0.4, 0.5) is 0 Å². The van der Waals surface area contributed by atoms with Crippen molar-refractivity contribution >= 4 is 0 Å². The number of piperidine rings is 1. The second kappa shape index (κ2) is 1.94. The molecular formula is C6H11NO2. The number of aliphatic hydroxyl groups is 1. The van der Waals surface area contributed by atoms with Gasteiger partial charge in [0.15, 0.2) is 0 Å². The van der Waals surface area contributed by atoms with Gasteiger partial charge in [-0.15, -0.1) is 0 Å². The zero-order valence-corrected chi connectivity index (χ0v) is 5.21. The van der Waals surface area contributed by atoms with Gasteiger partial charge >= 0.3 is 0 Å². The highest BCUT2D eigenvalue weighted by molar-refractivity contribution is 4.90. The SMILES string of the molecule is O[C@@H]1[C@@H]2CNC[C@H]1OC2. The maximum atomic E-state index is 9.34. The maximum Gasteiger partial charge on any atom is 0.0962 e. The number of fused-ring (bicyclic) bond motifs is 2. The predicted octanol–water partition coefficient (Wildman–Crippen LogP) is -1.03. The van der Waals surface area contributed by atoms with Crippen molar-refractivity contribution in [2.45, 2.75) is 12.2 Å². The van der Waals surface area contributed by atoms with Gasteiger partial charge in [-0.05, 0) is 0 Å². The van der Waals surface area contributed by atoms with Crippen molar-refractivity contribution in [3.8, 4) is 0 Å². The lowest BCUT2D eigenvalue weighted by Crippen LogP contribution is -2.45. The molecule has 3 heteroatoms. The minimum absolute atomic E-state index is 0.0729. The van der Waals surface area contributed by atoms with Crippen LogP contribution in [-0.4, -0.2) is 37.0 Å². The van der Waals surface area contributed by atoms with Crippen molar-refractivity contribution in [2.24, 2.45) is 5.92 Å². The molecule has 0 aromatic rings. The number of hydrogen-bond donors (Lipinski definition) is 2. The summed E-state index contributed by atoms with van der Waals surface area (Å²) in [7, 11) is 0. The molecule has 2 aliphatic rings. The van der Waals surface area contributed by atoms with E-state index >= 15 is 0 Å². The summed E-state index contributed by atoms with van der Waals surface area (Å²) in [5, 5.41) is 12.5. The predicted molar refractivity (Wildman–Crippen MR) is 32.1 cm³/mol. The first-order valence-electron chi connectivity index (χ1n) is 3.38. The lowest BCUT2D eigenvalue weighted by molar-refractivity contribution is 0.0298. The third kappa shape index (κ3) is 0.764. The molecule has 2 aliphatic heterocycles. The molecule has 2 saturated heterocycles. The lowest BCUT2D eigenvalue weighted by atomic mass is 9.98. The van der Waals surface area contributed by atoms with E-state index in [9.17, 15) is 5.11 Å². The third-order valence-corrected chi connectivity index (χ3v) is 2.14. The summed E-state index contributed by atoms with van der Waals surface area (Å²) < 4.78 is 5.28. The van der Waals surface area contributed by atoms with E-state index in [1.54, 1.807) is 0 Å². The minimum atomic E-state index is -0.203. The summed E-state index contributed by atoms with van der Waals surface area (Å²) in [4.78, 5) is 0. The van der Waals surface area contributed by atoms with Gasteiger partial charge in [0.1, 0.15) is 0 Å². The number of rotatable bonds is 0. The van der Waals surface area contributed by atoms with Crippen LogP contribution in [0.15, 0.2) is 0 Å². The molecule has 2 fully saturated rings. The van der Waals surface area contributed by atoms with Gasteiger partial charge < -0.3 is 15.2 Å². The van der Waals surface area contributed by atoms with E-state index < -0.39 is 0 Å². The van der Waals surface area contributed by atoms with Gasteiger partial charge in [0.25, 0.3) is 0 Å². The molecule has 0 saturated carbocycles. The van der Waals surface area contributed by atoms with E-state index in [4.69, 9.17) is 4.74 Å². The van der Waals surface area contributed by atoms with Gasteiger partial charge in [0, 0.05) is 19.0 Å². The van der Waals surface area contributed by atoms with E-state index in [1.165, 1.54) is 0 Å². The maximum absolute atomic E-state index is 9.34. The highest BCUT2D eigenvalue weighted by Gasteiger charge is 2.38. The Morgan fingerprint density at radius 3 is 3.00 bits per heavy atom. The van der Waals surface area contributed by atoms with Crippen molar-refractivity contribution in [3.05, 3.63) is 0 Å². The number of ether oxygens (including phenoxy) is 1. The quantitative estimate of drug-likeness (QED) is 0.439. The van der Waals surface area contributed by atoms with E-state index in [2.05, 4.69) is 5.32 Å². The van der Waals surface area contributed by atoms with Crippen LogP contribution >= 0.6 is 0 Å². The Bertz CT molecular complexity index is 102. The van der Waals surface area contributed by atoms with Crippen LogP contribution in [0, 0.1) is 5.92 Å². The number of hydrogen-bond acceptors (Lipinski definition) is 3. The van der Waals surface area contributed by atoms with Gasteiger partial charge in [0.2, 0.25) is 0 Å². The summed E-state index contributed by atoms with van der Waals surface area (Å²) in [5.41, 5.74) is 0. The fourth-order valence-electron chi connectivity index (χ4n) is 1.52. The molecule has 3 nitrogen and oxygen atoms in total. The molecule has 0 unspecified atom stereocenters. The van der Waals surface area contributed by atoms with E-state index in [-0.39, 0.29) is 12.2 Å². The van der Waals surface area contributed by atoms with Crippen LogP contribution < -0.4 is 5.32 Å². The van der Waals surface area contributed by atoms with Crippen LogP contribution in [0.5, 0.6) is 0 Å². The fourth-order valence-corrected chi connectivity index (χ4v) is 1.52. The van der Waals surface area contributed by atoms with Crippen molar-refractivity contribution in [2.75, 3.05) is 19.7 Å². The molecule has 0 amide bonds. The number of aliphatic hydroxyl groups excluding tert-OH is 1. The standard InChI is InChI=1S/C6H11NO2/c8-6-4-1-7-2-5(6)9-3-4/h4-8H,1-3H2/t4-,5-,6-/m1/s1. The Hall–Kier alpha value is -0.120. The monoisotopic (exact) mass is 129 g/mol. The number of nitrogens with one attached hydrogen (secondary N) is 1. The molecule has 52 valence electrons. The Morgan fingerprint density at radius 2 is 2.33 bits per heavy atom. The Balaban J connectivity index is 2.10. The largest absolute Gasteiger partial charge is 0.390 e. The molecule has 0 aromatic heterocycles. The van der Waals surface area contributed by atoms with Crippen LogP contribution in [0.1, 0.15) is 0 Å². The van der Waals surface area contributed by atoms with E-state index in [1.807, 2.05) is 0 Å². The topological polar surface area (TPSA) is 41.5 Å². The Kier molecular flexibility index (Phi) is 1.22. The molecule has 0 radical (unpaired) electrons. The molecule has 0 aliphatic carbocycles. The second-order valence-corrected chi connectivity index (χ2v) is 2.78. The molecule has 0 spiro atoms. The zero-order chi connectivity index (χ0) is 6.27. The normalized spacial score (nSPS) is 49.7. The van der Waals surface area contributed by atoms with E-state index in [0.29, 0.717) is 5.92 Å². The first-order chi connectivity index (χ1) is 4.38. The molecule has 2 heterocycles. The average molecular weight is 129 g/mol. The van der Waals surface area contributed by atoms with Gasteiger partial charge in [-0.25, -0.2) is 0 Å². The summed E-state index contributed by atoms with van der Waals surface area (Å²) in [6.45, 7) is 2.47. The van der Waals surface area contributed by atoms with Crippen molar-refractivity contribution in [1.29, 1.82) is 0 Å². The highest BCUT2D eigenvalue weighted by atomic mass is 16.5.